The van der Waals surface area contributed by atoms with Gasteiger partial charge in [-0.2, -0.15) is 0 Å². The molecule has 2 aromatic heterocycles. The van der Waals surface area contributed by atoms with Crippen LogP contribution in [0.4, 0.5) is 5.82 Å². The van der Waals surface area contributed by atoms with Crippen LogP contribution in [0.15, 0.2) is 10.6 Å². The van der Waals surface area contributed by atoms with E-state index in [0.717, 1.165) is 17.1 Å². The third kappa shape index (κ3) is 1.56. The molecule has 0 aromatic carbocycles. The van der Waals surface area contributed by atoms with Crippen LogP contribution in [0.25, 0.3) is 0 Å². The van der Waals surface area contributed by atoms with E-state index >= 15 is 0 Å². The Balaban J connectivity index is 1.89. The summed E-state index contributed by atoms with van der Waals surface area (Å²) < 4.78 is 6.84. The molecule has 0 atom stereocenters. The number of nitrogen functional groups attached to an aromatic ring is 1. The first-order valence-corrected chi connectivity index (χ1v) is 5.35. The molecule has 2 N–H and O–H groups in total. The van der Waals surface area contributed by atoms with Gasteiger partial charge in [-0.25, -0.2) is 4.68 Å². The van der Waals surface area contributed by atoms with Crippen molar-refractivity contribution in [1.29, 1.82) is 0 Å². The van der Waals surface area contributed by atoms with E-state index in [1.807, 2.05) is 17.7 Å². The highest BCUT2D eigenvalue weighted by Crippen LogP contribution is 2.41. The van der Waals surface area contributed by atoms with Gasteiger partial charge in [-0.15, -0.1) is 5.10 Å². The van der Waals surface area contributed by atoms with Gasteiger partial charge in [-0.05, 0) is 19.8 Å². The molecular weight excluding hydrogens is 206 g/mol. The molecule has 6 heteroatoms. The van der Waals surface area contributed by atoms with E-state index in [9.17, 15) is 0 Å². The van der Waals surface area contributed by atoms with Crippen LogP contribution in [0.1, 0.15) is 35.9 Å². The normalized spacial score (nSPS) is 15.6. The first-order valence-electron chi connectivity index (χ1n) is 5.35. The first-order chi connectivity index (χ1) is 7.74. The van der Waals surface area contributed by atoms with Crippen molar-refractivity contribution in [2.45, 2.75) is 32.2 Å². The largest absolute Gasteiger partial charge is 0.381 e. The van der Waals surface area contributed by atoms with Crippen molar-refractivity contribution in [2.75, 3.05) is 5.73 Å². The number of aromatic nitrogens is 4. The topological polar surface area (TPSA) is 82.8 Å². The molecule has 0 unspecified atom stereocenters. The van der Waals surface area contributed by atoms with Gasteiger partial charge in [0.1, 0.15) is 11.5 Å². The van der Waals surface area contributed by atoms with Crippen LogP contribution in [-0.2, 0) is 6.54 Å². The van der Waals surface area contributed by atoms with Gasteiger partial charge in [0.25, 0.3) is 0 Å². The summed E-state index contributed by atoms with van der Waals surface area (Å²) in [4.78, 5) is 0. The van der Waals surface area contributed by atoms with E-state index in [0.29, 0.717) is 18.3 Å². The molecule has 0 aliphatic heterocycles. The third-order valence-electron chi connectivity index (χ3n) is 2.75. The molecule has 1 fully saturated rings. The minimum Gasteiger partial charge on any atom is -0.381 e. The molecule has 0 amide bonds. The summed E-state index contributed by atoms with van der Waals surface area (Å²) in [5, 5.41) is 11.9. The first kappa shape index (κ1) is 9.38. The number of rotatable bonds is 3. The van der Waals surface area contributed by atoms with E-state index < -0.39 is 0 Å². The Morgan fingerprint density at radius 3 is 3.00 bits per heavy atom. The van der Waals surface area contributed by atoms with E-state index in [1.54, 1.807) is 0 Å². The van der Waals surface area contributed by atoms with Crippen molar-refractivity contribution in [2.24, 2.45) is 0 Å². The Hall–Kier alpha value is -1.85. The zero-order valence-corrected chi connectivity index (χ0v) is 9.05. The molecule has 1 aliphatic carbocycles. The van der Waals surface area contributed by atoms with Crippen LogP contribution >= 0.6 is 0 Å². The number of nitrogens with zero attached hydrogens (tertiary/aromatic N) is 4. The van der Waals surface area contributed by atoms with Crippen molar-refractivity contribution in [3.05, 3.63) is 23.2 Å². The molecule has 2 heterocycles. The molecule has 16 heavy (non-hydrogen) atoms. The molecule has 1 aliphatic rings. The fraction of sp³-hybridized carbons (Fsp3) is 0.500. The minimum absolute atomic E-state index is 0.531. The zero-order chi connectivity index (χ0) is 11.1. The molecule has 2 aromatic rings. The van der Waals surface area contributed by atoms with Crippen LogP contribution in [0.3, 0.4) is 0 Å². The Kier molecular flexibility index (Phi) is 1.95. The highest BCUT2D eigenvalue weighted by Gasteiger charge is 2.30. The lowest BCUT2D eigenvalue weighted by atomic mass is 10.3. The van der Waals surface area contributed by atoms with Crippen molar-refractivity contribution < 1.29 is 4.52 Å². The number of hydrogen-bond acceptors (Lipinski definition) is 5. The SMILES string of the molecule is Cc1cc(Cn2nnc(N)c2C2CC2)no1. The van der Waals surface area contributed by atoms with Crippen molar-refractivity contribution in [3.63, 3.8) is 0 Å². The zero-order valence-electron chi connectivity index (χ0n) is 9.05. The number of hydrogen-bond donors (Lipinski definition) is 1. The number of nitrogens with two attached hydrogens (primary N) is 1. The van der Waals surface area contributed by atoms with Gasteiger partial charge in [0, 0.05) is 12.0 Å². The molecule has 0 radical (unpaired) electrons. The third-order valence-corrected chi connectivity index (χ3v) is 2.75. The van der Waals surface area contributed by atoms with Crippen LogP contribution in [0.2, 0.25) is 0 Å². The van der Waals surface area contributed by atoms with E-state index in [4.69, 9.17) is 10.3 Å². The summed E-state index contributed by atoms with van der Waals surface area (Å²) in [6.07, 6.45) is 2.35. The summed E-state index contributed by atoms with van der Waals surface area (Å²) in [5.74, 6) is 1.88. The Morgan fingerprint density at radius 1 is 1.56 bits per heavy atom. The Morgan fingerprint density at radius 2 is 2.38 bits per heavy atom. The van der Waals surface area contributed by atoms with Crippen LogP contribution in [-0.4, -0.2) is 20.2 Å². The van der Waals surface area contributed by atoms with Gasteiger partial charge in [0.05, 0.1) is 12.2 Å². The molecule has 0 saturated heterocycles. The molecular formula is C10H13N5O. The van der Waals surface area contributed by atoms with E-state index in [2.05, 4.69) is 15.5 Å². The lowest BCUT2D eigenvalue weighted by molar-refractivity contribution is 0.387. The Labute approximate surface area is 92.4 Å². The second kappa shape index (κ2) is 3.33. The minimum atomic E-state index is 0.531. The predicted molar refractivity (Wildman–Crippen MR) is 56.8 cm³/mol. The summed E-state index contributed by atoms with van der Waals surface area (Å²) >= 11 is 0. The summed E-state index contributed by atoms with van der Waals surface area (Å²) in [6, 6.07) is 1.90. The quantitative estimate of drug-likeness (QED) is 0.835. The molecule has 0 bridgehead atoms. The Bertz CT molecular complexity index is 511. The number of anilines is 1. The van der Waals surface area contributed by atoms with Crippen LogP contribution in [0, 0.1) is 6.92 Å². The van der Waals surface area contributed by atoms with Crippen molar-refractivity contribution >= 4 is 5.82 Å². The summed E-state index contributed by atoms with van der Waals surface area (Å²) in [7, 11) is 0. The van der Waals surface area contributed by atoms with Gasteiger partial charge in [0.2, 0.25) is 0 Å². The van der Waals surface area contributed by atoms with E-state index in [1.165, 1.54) is 12.8 Å². The molecule has 1 saturated carbocycles. The molecule has 3 rings (SSSR count). The average molecular weight is 219 g/mol. The molecule has 84 valence electrons. The summed E-state index contributed by atoms with van der Waals surface area (Å²) in [6.45, 7) is 2.45. The average Bonchev–Trinajstić information content (AvgIpc) is 2.91. The van der Waals surface area contributed by atoms with Crippen LogP contribution < -0.4 is 5.73 Å². The smallest absolute Gasteiger partial charge is 0.169 e. The standard InChI is InChI=1S/C10H13N5O/c1-6-4-8(13-16-6)5-15-9(7-2-3-7)10(11)12-14-15/h4,7H,2-3,5,11H2,1H3. The summed E-state index contributed by atoms with van der Waals surface area (Å²) in [5.41, 5.74) is 7.70. The van der Waals surface area contributed by atoms with E-state index in [-0.39, 0.29) is 0 Å². The highest BCUT2D eigenvalue weighted by molar-refractivity contribution is 5.38. The lowest BCUT2D eigenvalue weighted by Crippen LogP contribution is -2.06. The monoisotopic (exact) mass is 219 g/mol. The fourth-order valence-corrected chi connectivity index (χ4v) is 1.87. The van der Waals surface area contributed by atoms with Crippen molar-refractivity contribution in [3.8, 4) is 0 Å². The maximum Gasteiger partial charge on any atom is 0.169 e. The maximum absolute atomic E-state index is 5.80. The number of aryl methyl sites for hydroxylation is 1. The van der Waals surface area contributed by atoms with Gasteiger partial charge < -0.3 is 10.3 Å². The lowest BCUT2D eigenvalue weighted by Gasteiger charge is -2.02. The fourth-order valence-electron chi connectivity index (χ4n) is 1.87. The van der Waals surface area contributed by atoms with Crippen LogP contribution in [0.5, 0.6) is 0 Å². The predicted octanol–water partition coefficient (Wildman–Crippen LogP) is 1.08. The second-order valence-corrected chi connectivity index (χ2v) is 4.22. The second-order valence-electron chi connectivity index (χ2n) is 4.22. The van der Waals surface area contributed by atoms with Gasteiger partial charge >= 0.3 is 0 Å². The van der Waals surface area contributed by atoms with Gasteiger partial charge in [-0.3, -0.25) is 0 Å². The van der Waals surface area contributed by atoms with Crippen molar-refractivity contribution in [1.82, 2.24) is 20.2 Å². The molecule has 6 nitrogen and oxygen atoms in total. The highest BCUT2D eigenvalue weighted by atomic mass is 16.5. The van der Waals surface area contributed by atoms with Gasteiger partial charge in [-0.1, -0.05) is 10.4 Å². The van der Waals surface area contributed by atoms with Gasteiger partial charge in [0.15, 0.2) is 5.82 Å². The molecule has 0 spiro atoms. The maximum atomic E-state index is 5.80.